The molecule has 0 radical (unpaired) electrons. The second-order valence-corrected chi connectivity index (χ2v) is 6.73. The van der Waals surface area contributed by atoms with Crippen LogP contribution in [0.5, 0.6) is 5.75 Å². The minimum absolute atomic E-state index is 0.138. The average Bonchev–Trinajstić information content (AvgIpc) is 2.78. The van der Waals surface area contributed by atoms with E-state index in [2.05, 4.69) is 29.1 Å². The number of hydrogen-bond donors (Lipinski definition) is 2. The fourth-order valence-corrected chi connectivity index (χ4v) is 3.50. The molecule has 0 unspecified atom stereocenters. The monoisotopic (exact) mass is 333 g/mol. The zero-order valence-electron chi connectivity index (χ0n) is 12.6. The van der Waals surface area contributed by atoms with Gasteiger partial charge in [-0.15, -0.1) is 11.3 Å². The normalized spacial score (nSPS) is 11.1. The van der Waals surface area contributed by atoms with Gasteiger partial charge < -0.3 is 10.4 Å². The molecule has 114 valence electrons. The van der Waals surface area contributed by atoms with E-state index in [0.29, 0.717) is 16.5 Å². The van der Waals surface area contributed by atoms with Gasteiger partial charge in [-0.2, -0.15) is 0 Å². The first-order valence-electron chi connectivity index (χ1n) is 7.01. The van der Waals surface area contributed by atoms with Gasteiger partial charge in [-0.3, -0.25) is 0 Å². The fraction of sp³-hybridized carbons (Fsp3) is 0.250. The maximum atomic E-state index is 10.0. The van der Waals surface area contributed by atoms with E-state index in [1.165, 1.54) is 4.88 Å². The van der Waals surface area contributed by atoms with E-state index < -0.39 is 0 Å². The number of fused-ring (bicyclic) bond motifs is 1. The van der Waals surface area contributed by atoms with Crippen LogP contribution in [0, 0.1) is 13.8 Å². The summed E-state index contributed by atoms with van der Waals surface area (Å²) in [7, 11) is 0. The van der Waals surface area contributed by atoms with Crippen LogP contribution < -0.4 is 5.32 Å². The topological polar surface area (TPSA) is 58.0 Å². The Labute approximate surface area is 137 Å². The Balaban J connectivity index is 2.18. The Bertz CT molecular complexity index is 860. The van der Waals surface area contributed by atoms with Crippen molar-refractivity contribution in [2.45, 2.75) is 27.2 Å². The molecule has 6 heteroatoms. The van der Waals surface area contributed by atoms with Crippen molar-refractivity contribution in [1.29, 1.82) is 0 Å². The average molecular weight is 334 g/mol. The maximum Gasteiger partial charge on any atom is 0.143 e. The molecular weight excluding hydrogens is 318 g/mol. The molecule has 0 aliphatic carbocycles. The third-order valence-corrected chi connectivity index (χ3v) is 4.94. The Kier molecular flexibility index (Phi) is 3.93. The molecular formula is C16H16ClN3OS. The van der Waals surface area contributed by atoms with E-state index in [4.69, 9.17) is 11.6 Å². The van der Waals surface area contributed by atoms with Crippen molar-refractivity contribution in [3.05, 3.63) is 39.5 Å². The Morgan fingerprint density at radius 2 is 2.05 bits per heavy atom. The highest BCUT2D eigenvalue weighted by atomic mass is 35.5. The minimum atomic E-state index is 0.138. The van der Waals surface area contributed by atoms with Gasteiger partial charge in [0.15, 0.2) is 0 Å². The van der Waals surface area contributed by atoms with Crippen molar-refractivity contribution < 1.29 is 5.11 Å². The third-order valence-electron chi connectivity index (χ3n) is 3.60. The summed E-state index contributed by atoms with van der Waals surface area (Å²) in [4.78, 5) is 11.4. The van der Waals surface area contributed by atoms with Crippen LogP contribution in [0.4, 0.5) is 11.5 Å². The van der Waals surface area contributed by atoms with Crippen LogP contribution >= 0.6 is 22.9 Å². The van der Waals surface area contributed by atoms with Crippen LogP contribution in [-0.4, -0.2) is 15.1 Å². The Morgan fingerprint density at radius 1 is 1.27 bits per heavy atom. The predicted molar refractivity (Wildman–Crippen MR) is 92.7 cm³/mol. The van der Waals surface area contributed by atoms with Crippen molar-refractivity contribution in [3.63, 3.8) is 0 Å². The Morgan fingerprint density at radius 3 is 2.77 bits per heavy atom. The minimum Gasteiger partial charge on any atom is -0.506 e. The van der Waals surface area contributed by atoms with Crippen molar-refractivity contribution in [3.8, 4) is 5.75 Å². The number of phenols is 1. The standard InChI is InChI=1S/C16H16ClN3OS/c1-4-13-19-15(14-8(2)9(3)22-16(14)20-13)18-11-7-10(17)5-6-12(11)21/h5-7,21H,4H2,1-3H3,(H,18,19,20). The Hall–Kier alpha value is -1.85. The van der Waals surface area contributed by atoms with Gasteiger partial charge in [0, 0.05) is 16.3 Å². The van der Waals surface area contributed by atoms with Gasteiger partial charge in [-0.1, -0.05) is 18.5 Å². The third kappa shape index (κ3) is 2.62. The number of nitrogens with zero attached hydrogens (tertiary/aromatic N) is 2. The van der Waals surface area contributed by atoms with E-state index in [0.717, 1.165) is 28.0 Å². The summed E-state index contributed by atoms with van der Waals surface area (Å²) in [5.74, 6) is 1.62. The molecule has 3 aromatic rings. The molecule has 0 aliphatic rings. The first kappa shape index (κ1) is 15.1. The molecule has 2 N–H and O–H groups in total. The zero-order valence-corrected chi connectivity index (χ0v) is 14.1. The van der Waals surface area contributed by atoms with Gasteiger partial charge in [0.1, 0.15) is 22.2 Å². The molecule has 0 bridgehead atoms. The number of aryl methyl sites for hydroxylation is 3. The fourth-order valence-electron chi connectivity index (χ4n) is 2.28. The van der Waals surface area contributed by atoms with Gasteiger partial charge >= 0.3 is 0 Å². The quantitative estimate of drug-likeness (QED) is 0.664. The van der Waals surface area contributed by atoms with E-state index in [1.54, 1.807) is 29.5 Å². The smallest absolute Gasteiger partial charge is 0.143 e. The van der Waals surface area contributed by atoms with Crippen molar-refractivity contribution in [2.75, 3.05) is 5.32 Å². The first-order valence-corrected chi connectivity index (χ1v) is 8.21. The summed E-state index contributed by atoms with van der Waals surface area (Å²) in [6.07, 6.45) is 0.752. The lowest BCUT2D eigenvalue weighted by atomic mass is 10.2. The highest BCUT2D eigenvalue weighted by Gasteiger charge is 2.15. The summed E-state index contributed by atoms with van der Waals surface area (Å²) < 4.78 is 0. The summed E-state index contributed by atoms with van der Waals surface area (Å²) >= 11 is 7.67. The molecule has 0 fully saturated rings. The number of aromatic nitrogens is 2. The van der Waals surface area contributed by atoms with Crippen molar-refractivity contribution in [1.82, 2.24) is 9.97 Å². The summed E-state index contributed by atoms with van der Waals surface area (Å²) in [6.45, 7) is 6.16. The predicted octanol–water partition coefficient (Wildman–Crippen LogP) is 4.97. The van der Waals surface area contributed by atoms with Crippen LogP contribution in [0.3, 0.4) is 0 Å². The van der Waals surface area contributed by atoms with Crippen molar-refractivity contribution >= 4 is 44.7 Å². The molecule has 1 aromatic carbocycles. The van der Waals surface area contributed by atoms with Crippen LogP contribution in [0.1, 0.15) is 23.2 Å². The van der Waals surface area contributed by atoms with Crippen molar-refractivity contribution in [2.24, 2.45) is 0 Å². The van der Waals surface area contributed by atoms with Gasteiger partial charge in [-0.25, -0.2) is 9.97 Å². The molecule has 0 aliphatic heterocycles. The molecule has 0 amide bonds. The molecule has 22 heavy (non-hydrogen) atoms. The number of halogens is 1. The molecule has 0 atom stereocenters. The van der Waals surface area contributed by atoms with Gasteiger partial charge in [0.05, 0.1) is 11.1 Å². The number of aromatic hydroxyl groups is 1. The number of phenolic OH excluding ortho intramolecular Hbond substituents is 1. The van der Waals surface area contributed by atoms with Gasteiger partial charge in [0.25, 0.3) is 0 Å². The molecule has 4 nitrogen and oxygen atoms in total. The summed E-state index contributed by atoms with van der Waals surface area (Å²) in [6, 6.07) is 4.90. The highest BCUT2D eigenvalue weighted by Crippen LogP contribution is 2.36. The lowest BCUT2D eigenvalue weighted by Gasteiger charge is -2.11. The number of thiophene rings is 1. The lowest BCUT2D eigenvalue weighted by molar-refractivity contribution is 0.477. The molecule has 2 heterocycles. The first-order chi connectivity index (χ1) is 10.5. The molecule has 0 saturated heterocycles. The van der Waals surface area contributed by atoms with Gasteiger partial charge in [-0.05, 0) is 37.6 Å². The molecule has 3 rings (SSSR count). The van der Waals surface area contributed by atoms with E-state index in [9.17, 15) is 5.11 Å². The number of nitrogens with one attached hydrogen (secondary N) is 1. The SMILES string of the molecule is CCc1nc(Nc2cc(Cl)ccc2O)c2c(C)c(C)sc2n1. The van der Waals surface area contributed by atoms with Crippen LogP contribution in [0.2, 0.25) is 5.02 Å². The lowest BCUT2D eigenvalue weighted by Crippen LogP contribution is -2.00. The number of anilines is 2. The van der Waals surface area contributed by atoms with Crippen LogP contribution in [0.15, 0.2) is 18.2 Å². The van der Waals surface area contributed by atoms with E-state index in [1.807, 2.05) is 6.92 Å². The van der Waals surface area contributed by atoms with E-state index in [-0.39, 0.29) is 5.75 Å². The second kappa shape index (κ2) is 5.74. The summed E-state index contributed by atoms with van der Waals surface area (Å²) in [5, 5.41) is 14.8. The second-order valence-electron chi connectivity index (χ2n) is 5.09. The summed E-state index contributed by atoms with van der Waals surface area (Å²) in [5.41, 5.74) is 1.70. The maximum absolute atomic E-state index is 10.0. The largest absolute Gasteiger partial charge is 0.506 e. The molecule has 0 spiro atoms. The molecule has 0 saturated carbocycles. The number of rotatable bonds is 3. The zero-order chi connectivity index (χ0) is 15.9. The van der Waals surface area contributed by atoms with Crippen LogP contribution in [-0.2, 0) is 6.42 Å². The number of benzene rings is 1. The highest BCUT2D eigenvalue weighted by molar-refractivity contribution is 7.18. The van der Waals surface area contributed by atoms with Crippen LogP contribution in [0.25, 0.3) is 10.2 Å². The molecule has 2 aromatic heterocycles. The van der Waals surface area contributed by atoms with Gasteiger partial charge in [0.2, 0.25) is 0 Å². The van der Waals surface area contributed by atoms with E-state index >= 15 is 0 Å². The number of hydrogen-bond acceptors (Lipinski definition) is 5.